The quantitative estimate of drug-likeness (QED) is 0.592. The van der Waals surface area contributed by atoms with Crippen molar-refractivity contribution in [2.75, 3.05) is 13.7 Å². The van der Waals surface area contributed by atoms with Crippen molar-refractivity contribution in [1.82, 2.24) is 9.88 Å². The van der Waals surface area contributed by atoms with Crippen LogP contribution in [-0.4, -0.2) is 34.5 Å². The maximum absolute atomic E-state index is 10.8. The van der Waals surface area contributed by atoms with E-state index < -0.39 is 0 Å². The second kappa shape index (κ2) is 7.61. The number of aromatic nitrogens is 1. The molecule has 0 spiro atoms. The Balaban J connectivity index is 1.42. The van der Waals surface area contributed by atoms with Gasteiger partial charge >= 0.3 is 0 Å². The molecule has 6 heteroatoms. The van der Waals surface area contributed by atoms with Gasteiger partial charge < -0.3 is 14.7 Å². The van der Waals surface area contributed by atoms with E-state index in [1.165, 1.54) is 22.5 Å². The Kier molecular flexibility index (Phi) is 4.79. The summed E-state index contributed by atoms with van der Waals surface area (Å²) in [6.45, 7) is 0.366. The molecule has 3 aromatic rings. The number of benzene rings is 2. The van der Waals surface area contributed by atoms with Crippen molar-refractivity contribution in [2.24, 2.45) is 0 Å². The predicted octanol–water partition coefficient (Wildman–Crippen LogP) is 5.46. The van der Waals surface area contributed by atoms with E-state index in [-0.39, 0.29) is 11.8 Å². The average Bonchev–Trinajstić information content (AvgIpc) is 3.37. The number of fused-ring (bicyclic) bond motifs is 1. The number of aliphatic hydroxyl groups is 1. The SMILES string of the molecule is COc1ccc(-c2csc(C3=C(O)CN([C@@H]4CCCc5ccccc54)C3=N)n2)cc1. The third-order valence-electron chi connectivity index (χ3n) is 5.95. The van der Waals surface area contributed by atoms with Gasteiger partial charge in [0, 0.05) is 10.9 Å². The minimum absolute atomic E-state index is 0.128. The Labute approximate surface area is 179 Å². The number of thiazole rings is 1. The fourth-order valence-corrected chi connectivity index (χ4v) is 5.32. The monoisotopic (exact) mass is 417 g/mol. The van der Waals surface area contributed by atoms with Crippen LogP contribution in [0, 0.1) is 5.41 Å². The molecule has 1 aliphatic carbocycles. The first-order valence-corrected chi connectivity index (χ1v) is 11.0. The number of rotatable bonds is 4. The van der Waals surface area contributed by atoms with E-state index in [0.29, 0.717) is 23.0 Å². The molecular formula is C24H23N3O2S. The number of ether oxygens (including phenoxy) is 1. The van der Waals surface area contributed by atoms with Crippen LogP contribution in [0.15, 0.2) is 59.7 Å². The second-order valence-corrected chi connectivity index (χ2v) is 8.53. The summed E-state index contributed by atoms with van der Waals surface area (Å²) < 4.78 is 5.22. The molecule has 1 aromatic heterocycles. The lowest BCUT2D eigenvalue weighted by molar-refractivity contribution is 0.274. The zero-order valence-electron chi connectivity index (χ0n) is 16.8. The summed E-state index contributed by atoms with van der Waals surface area (Å²) in [4.78, 5) is 6.76. The first-order chi connectivity index (χ1) is 14.7. The fourth-order valence-electron chi connectivity index (χ4n) is 4.43. The third kappa shape index (κ3) is 3.17. The van der Waals surface area contributed by atoms with Crippen molar-refractivity contribution in [2.45, 2.75) is 25.3 Å². The number of methoxy groups -OCH3 is 1. The molecule has 0 unspecified atom stereocenters. The van der Waals surface area contributed by atoms with Gasteiger partial charge in [0.15, 0.2) is 0 Å². The molecule has 2 N–H and O–H groups in total. The molecule has 30 heavy (non-hydrogen) atoms. The van der Waals surface area contributed by atoms with Gasteiger partial charge in [-0.15, -0.1) is 11.3 Å². The Bertz CT molecular complexity index is 1130. The highest BCUT2D eigenvalue weighted by Crippen LogP contribution is 2.40. The Morgan fingerprint density at radius 3 is 2.77 bits per heavy atom. The van der Waals surface area contributed by atoms with Crippen molar-refractivity contribution >= 4 is 22.7 Å². The van der Waals surface area contributed by atoms with E-state index in [9.17, 15) is 5.11 Å². The molecule has 5 rings (SSSR count). The van der Waals surface area contributed by atoms with Crippen LogP contribution < -0.4 is 4.74 Å². The lowest BCUT2D eigenvalue weighted by Crippen LogP contribution is -2.33. The van der Waals surface area contributed by atoms with Crippen LogP contribution in [0.3, 0.4) is 0 Å². The zero-order valence-corrected chi connectivity index (χ0v) is 17.6. The van der Waals surface area contributed by atoms with Gasteiger partial charge in [-0.3, -0.25) is 5.41 Å². The molecule has 0 bridgehead atoms. The highest BCUT2D eigenvalue weighted by molar-refractivity contribution is 7.11. The molecule has 0 radical (unpaired) electrons. The summed E-state index contributed by atoms with van der Waals surface area (Å²) in [5.41, 5.74) is 5.02. The van der Waals surface area contributed by atoms with E-state index in [2.05, 4.69) is 24.3 Å². The molecule has 2 aliphatic rings. The van der Waals surface area contributed by atoms with Crippen LogP contribution >= 0.6 is 11.3 Å². The van der Waals surface area contributed by atoms with Gasteiger partial charge in [-0.25, -0.2) is 4.98 Å². The lowest BCUT2D eigenvalue weighted by Gasteiger charge is -2.34. The molecule has 2 heterocycles. The second-order valence-electron chi connectivity index (χ2n) is 7.67. The van der Waals surface area contributed by atoms with Crippen LogP contribution in [0.4, 0.5) is 0 Å². The van der Waals surface area contributed by atoms with Gasteiger partial charge in [0.05, 0.1) is 31.0 Å². The van der Waals surface area contributed by atoms with Crippen LogP contribution in [-0.2, 0) is 6.42 Å². The van der Waals surface area contributed by atoms with Crippen LogP contribution in [0.1, 0.15) is 35.0 Å². The molecule has 152 valence electrons. The summed E-state index contributed by atoms with van der Waals surface area (Å²) >= 11 is 1.47. The Morgan fingerprint density at radius 2 is 1.97 bits per heavy atom. The number of nitrogens with one attached hydrogen (secondary N) is 1. The van der Waals surface area contributed by atoms with Gasteiger partial charge in [0.25, 0.3) is 0 Å². The van der Waals surface area contributed by atoms with Crippen LogP contribution in [0.5, 0.6) is 5.75 Å². The summed E-state index contributed by atoms with van der Waals surface area (Å²) in [5.74, 6) is 1.40. The maximum Gasteiger partial charge on any atom is 0.135 e. The van der Waals surface area contributed by atoms with E-state index in [1.807, 2.05) is 34.5 Å². The number of amidine groups is 1. The van der Waals surface area contributed by atoms with Gasteiger partial charge in [0.2, 0.25) is 0 Å². The van der Waals surface area contributed by atoms with Gasteiger partial charge in [-0.1, -0.05) is 24.3 Å². The van der Waals surface area contributed by atoms with Crippen molar-refractivity contribution < 1.29 is 9.84 Å². The van der Waals surface area contributed by atoms with Crippen LogP contribution in [0.25, 0.3) is 16.8 Å². The third-order valence-corrected chi connectivity index (χ3v) is 6.81. The van der Waals surface area contributed by atoms with Crippen molar-refractivity contribution in [1.29, 1.82) is 5.41 Å². The topological polar surface area (TPSA) is 69.4 Å². The molecule has 1 aliphatic heterocycles. The lowest BCUT2D eigenvalue weighted by atomic mass is 9.87. The van der Waals surface area contributed by atoms with Gasteiger partial charge in [-0.2, -0.15) is 0 Å². The van der Waals surface area contributed by atoms with E-state index in [4.69, 9.17) is 15.1 Å². The fraction of sp³-hybridized carbons (Fsp3) is 0.250. The first-order valence-electron chi connectivity index (χ1n) is 10.1. The predicted molar refractivity (Wildman–Crippen MR) is 120 cm³/mol. The maximum atomic E-state index is 10.8. The summed E-state index contributed by atoms with van der Waals surface area (Å²) in [6.07, 6.45) is 3.17. The largest absolute Gasteiger partial charge is 0.510 e. The van der Waals surface area contributed by atoms with E-state index in [0.717, 1.165) is 36.3 Å². The molecule has 0 saturated carbocycles. The van der Waals surface area contributed by atoms with E-state index >= 15 is 0 Å². The number of aliphatic hydroxyl groups excluding tert-OH is 1. The summed E-state index contributed by atoms with van der Waals surface area (Å²) in [6, 6.07) is 16.4. The van der Waals surface area contributed by atoms with Gasteiger partial charge in [-0.05, 0) is 54.7 Å². The van der Waals surface area contributed by atoms with Crippen LogP contribution in [0.2, 0.25) is 0 Å². The smallest absolute Gasteiger partial charge is 0.135 e. The average molecular weight is 418 g/mol. The van der Waals surface area contributed by atoms with E-state index in [1.54, 1.807) is 7.11 Å². The van der Waals surface area contributed by atoms with Crippen molar-refractivity contribution in [3.63, 3.8) is 0 Å². The molecule has 0 saturated heterocycles. The molecule has 2 aromatic carbocycles. The molecule has 1 atom stereocenters. The molecule has 0 amide bonds. The van der Waals surface area contributed by atoms with Crippen molar-refractivity contribution in [3.05, 3.63) is 75.8 Å². The number of hydrogen-bond donors (Lipinski definition) is 2. The Morgan fingerprint density at radius 1 is 1.17 bits per heavy atom. The number of nitrogens with zero attached hydrogens (tertiary/aromatic N) is 2. The van der Waals surface area contributed by atoms with Gasteiger partial charge in [0.1, 0.15) is 22.4 Å². The number of hydrogen-bond acceptors (Lipinski definition) is 5. The molecule has 0 fully saturated rings. The highest BCUT2D eigenvalue weighted by Gasteiger charge is 2.36. The number of aryl methyl sites for hydroxylation is 1. The van der Waals surface area contributed by atoms with Crippen molar-refractivity contribution in [3.8, 4) is 17.0 Å². The minimum atomic E-state index is 0.128. The standard InChI is InChI=1S/C24H23N3O2S/c1-29-17-11-9-16(10-12-17)19-14-30-24(26-19)22-21(28)13-27(23(22)25)20-8-4-6-15-5-2-3-7-18(15)20/h2-3,5,7,9-12,14,20,25,28H,4,6,8,13H2,1H3/t20-/m1/s1. The summed E-state index contributed by atoms with van der Waals surface area (Å²) in [5, 5.41) is 22.3. The molecular weight excluding hydrogens is 394 g/mol. The normalized spacial score (nSPS) is 18.6. The Hall–Kier alpha value is -3.12. The zero-order chi connectivity index (χ0) is 20.7. The first kappa shape index (κ1) is 18.9. The molecule has 5 nitrogen and oxygen atoms in total. The summed E-state index contributed by atoms with van der Waals surface area (Å²) in [7, 11) is 1.65. The highest BCUT2D eigenvalue weighted by atomic mass is 32.1. The minimum Gasteiger partial charge on any atom is -0.510 e.